The van der Waals surface area contributed by atoms with Crippen LogP contribution in [-0.4, -0.2) is 67.4 Å². The smallest absolute Gasteiger partial charge is 0.239 e. The van der Waals surface area contributed by atoms with Gasteiger partial charge in [-0.05, 0) is 32.9 Å². The summed E-state index contributed by atoms with van der Waals surface area (Å²) in [5, 5.41) is 3.28. The van der Waals surface area contributed by atoms with E-state index in [2.05, 4.69) is 5.32 Å². The second-order valence-corrected chi connectivity index (χ2v) is 5.03. The molecule has 1 aliphatic rings. The maximum Gasteiger partial charge on any atom is 0.239 e. The summed E-state index contributed by atoms with van der Waals surface area (Å²) in [4.78, 5) is 26.7. The van der Waals surface area contributed by atoms with Crippen molar-refractivity contribution in [2.75, 3.05) is 33.7 Å². The minimum absolute atomic E-state index is 0.00906. The minimum Gasteiger partial charge on any atom is -0.369 e. The molecule has 1 aliphatic heterocycles. The number of hydrogen-bond donors (Lipinski definition) is 2. The largest absolute Gasteiger partial charge is 0.369 e. The van der Waals surface area contributed by atoms with Crippen molar-refractivity contribution in [3.8, 4) is 0 Å². The van der Waals surface area contributed by atoms with E-state index in [0.717, 1.165) is 25.9 Å². The van der Waals surface area contributed by atoms with Crippen LogP contribution in [-0.2, 0) is 9.59 Å². The van der Waals surface area contributed by atoms with Crippen LogP contribution in [0, 0.1) is 0 Å². The molecule has 1 heterocycles. The van der Waals surface area contributed by atoms with Crippen molar-refractivity contribution >= 4 is 11.8 Å². The van der Waals surface area contributed by atoms with Crippen LogP contribution in [0.25, 0.3) is 0 Å². The summed E-state index contributed by atoms with van der Waals surface area (Å²) in [5.41, 5.74) is 5.29. The number of nitrogens with two attached hydrogens (primary N) is 1. The summed E-state index contributed by atoms with van der Waals surface area (Å²) >= 11 is 0. The molecule has 0 aromatic rings. The van der Waals surface area contributed by atoms with Crippen molar-refractivity contribution in [2.45, 2.75) is 31.8 Å². The van der Waals surface area contributed by atoms with E-state index < -0.39 is 0 Å². The lowest BCUT2D eigenvalue weighted by molar-refractivity contribution is -0.136. The van der Waals surface area contributed by atoms with Gasteiger partial charge in [0.05, 0.1) is 12.6 Å². The fourth-order valence-corrected chi connectivity index (χ4v) is 2.42. The number of likely N-dealkylation sites (N-methyl/N-ethyl adjacent to an activating group) is 1. The lowest BCUT2D eigenvalue weighted by atomic mass is 10.0. The van der Waals surface area contributed by atoms with Crippen LogP contribution in [0.5, 0.6) is 0 Å². The van der Waals surface area contributed by atoms with Crippen LogP contribution in [0.2, 0.25) is 0 Å². The van der Waals surface area contributed by atoms with E-state index in [1.54, 1.807) is 19.0 Å². The van der Waals surface area contributed by atoms with Gasteiger partial charge < -0.3 is 16.0 Å². The van der Waals surface area contributed by atoms with Gasteiger partial charge in [0, 0.05) is 20.1 Å². The molecular formula is C12H24N4O2. The third-order valence-electron chi connectivity index (χ3n) is 3.41. The van der Waals surface area contributed by atoms with Crippen molar-refractivity contribution in [1.29, 1.82) is 0 Å². The summed E-state index contributed by atoms with van der Waals surface area (Å²) in [5.74, 6) is -0.373. The van der Waals surface area contributed by atoms with E-state index in [1.807, 2.05) is 11.8 Å². The Kier molecular flexibility index (Phi) is 5.55. The first-order valence-electron chi connectivity index (χ1n) is 6.39. The lowest BCUT2D eigenvalue weighted by Gasteiger charge is -2.38. The number of piperidine rings is 1. The van der Waals surface area contributed by atoms with Gasteiger partial charge in [0.2, 0.25) is 11.8 Å². The molecule has 1 atom stereocenters. The molecule has 6 heteroatoms. The number of nitrogens with zero attached hydrogens (tertiary/aromatic N) is 2. The Morgan fingerprint density at radius 1 is 1.33 bits per heavy atom. The standard InChI is InChI=1S/C12H24N4O2/c1-9(12(18)15(2)3)16(8-11(13)17)10-4-6-14-7-5-10/h9-10,14H,4-8H2,1-3H3,(H2,13,17). The number of hydrogen-bond acceptors (Lipinski definition) is 4. The topological polar surface area (TPSA) is 78.7 Å². The number of carbonyl (C=O) groups excluding carboxylic acids is 2. The minimum atomic E-state index is -0.382. The molecule has 0 aromatic heterocycles. The van der Waals surface area contributed by atoms with E-state index >= 15 is 0 Å². The van der Waals surface area contributed by atoms with Crippen molar-refractivity contribution < 1.29 is 9.59 Å². The van der Waals surface area contributed by atoms with Gasteiger partial charge in [0.25, 0.3) is 0 Å². The Hall–Kier alpha value is -1.14. The molecule has 2 amide bonds. The molecule has 1 rings (SSSR count). The van der Waals surface area contributed by atoms with Gasteiger partial charge in [-0.1, -0.05) is 0 Å². The van der Waals surface area contributed by atoms with Crippen LogP contribution in [0.3, 0.4) is 0 Å². The molecule has 18 heavy (non-hydrogen) atoms. The van der Waals surface area contributed by atoms with Crippen molar-refractivity contribution in [1.82, 2.24) is 15.1 Å². The maximum absolute atomic E-state index is 12.0. The van der Waals surface area contributed by atoms with Crippen molar-refractivity contribution in [3.05, 3.63) is 0 Å². The van der Waals surface area contributed by atoms with Gasteiger partial charge in [-0.3, -0.25) is 14.5 Å². The average Bonchev–Trinajstić information content (AvgIpc) is 2.35. The van der Waals surface area contributed by atoms with Gasteiger partial charge in [0.15, 0.2) is 0 Å². The summed E-state index contributed by atoms with van der Waals surface area (Å²) in [6.45, 7) is 3.82. The highest BCUT2D eigenvalue weighted by atomic mass is 16.2. The summed E-state index contributed by atoms with van der Waals surface area (Å²) in [6, 6.07) is -0.0618. The number of nitrogens with one attached hydrogen (secondary N) is 1. The summed E-state index contributed by atoms with van der Waals surface area (Å²) in [7, 11) is 3.45. The van der Waals surface area contributed by atoms with Gasteiger partial charge >= 0.3 is 0 Å². The van der Waals surface area contributed by atoms with Crippen LogP contribution in [0.15, 0.2) is 0 Å². The molecule has 6 nitrogen and oxygen atoms in total. The van der Waals surface area contributed by atoms with E-state index in [4.69, 9.17) is 5.73 Å². The second-order valence-electron chi connectivity index (χ2n) is 5.03. The predicted octanol–water partition coefficient (Wildman–Crippen LogP) is -0.998. The van der Waals surface area contributed by atoms with E-state index in [1.165, 1.54) is 0 Å². The molecule has 0 bridgehead atoms. The first kappa shape index (κ1) is 14.9. The number of primary amides is 1. The highest BCUT2D eigenvalue weighted by Crippen LogP contribution is 2.15. The maximum atomic E-state index is 12.0. The zero-order valence-corrected chi connectivity index (χ0v) is 11.5. The molecular weight excluding hydrogens is 232 g/mol. The monoisotopic (exact) mass is 256 g/mol. The SMILES string of the molecule is CC(C(=O)N(C)C)N(CC(N)=O)C1CCNCC1. The Morgan fingerprint density at radius 3 is 2.33 bits per heavy atom. The van der Waals surface area contributed by atoms with Gasteiger partial charge in [-0.2, -0.15) is 0 Å². The summed E-state index contributed by atoms with van der Waals surface area (Å²) < 4.78 is 0. The van der Waals surface area contributed by atoms with Crippen molar-refractivity contribution in [3.63, 3.8) is 0 Å². The molecule has 1 fully saturated rings. The van der Waals surface area contributed by atoms with E-state index in [0.29, 0.717) is 0 Å². The van der Waals surface area contributed by atoms with E-state index in [9.17, 15) is 9.59 Å². The first-order chi connectivity index (χ1) is 8.43. The molecule has 104 valence electrons. The Morgan fingerprint density at radius 2 is 1.89 bits per heavy atom. The summed E-state index contributed by atoms with van der Waals surface area (Å²) in [6.07, 6.45) is 1.89. The molecule has 0 aliphatic carbocycles. The number of carbonyl (C=O) groups is 2. The average molecular weight is 256 g/mol. The molecule has 3 N–H and O–H groups in total. The first-order valence-corrected chi connectivity index (χ1v) is 6.39. The third-order valence-corrected chi connectivity index (χ3v) is 3.41. The Labute approximate surface area is 108 Å². The highest BCUT2D eigenvalue weighted by Gasteiger charge is 2.30. The molecule has 0 radical (unpaired) electrons. The zero-order valence-electron chi connectivity index (χ0n) is 11.5. The van der Waals surface area contributed by atoms with Gasteiger partial charge in [-0.25, -0.2) is 0 Å². The Bertz CT molecular complexity index is 300. The van der Waals surface area contributed by atoms with Crippen LogP contribution in [0.4, 0.5) is 0 Å². The molecule has 1 unspecified atom stereocenters. The molecule has 0 aromatic carbocycles. The number of amides is 2. The second kappa shape index (κ2) is 6.70. The molecule has 0 spiro atoms. The number of rotatable bonds is 5. The van der Waals surface area contributed by atoms with Gasteiger partial charge in [-0.15, -0.1) is 0 Å². The van der Waals surface area contributed by atoms with Crippen molar-refractivity contribution in [2.24, 2.45) is 5.73 Å². The van der Waals surface area contributed by atoms with E-state index in [-0.39, 0.29) is 30.4 Å². The molecule has 0 saturated carbocycles. The zero-order chi connectivity index (χ0) is 13.7. The fraction of sp³-hybridized carbons (Fsp3) is 0.833. The van der Waals surface area contributed by atoms with Crippen LogP contribution < -0.4 is 11.1 Å². The quantitative estimate of drug-likeness (QED) is 0.661. The van der Waals surface area contributed by atoms with Crippen LogP contribution in [0.1, 0.15) is 19.8 Å². The molecule has 1 saturated heterocycles. The lowest BCUT2D eigenvalue weighted by Crippen LogP contribution is -2.54. The van der Waals surface area contributed by atoms with Crippen LogP contribution >= 0.6 is 0 Å². The highest BCUT2D eigenvalue weighted by molar-refractivity contribution is 5.82. The Balaban J connectivity index is 2.75. The third kappa shape index (κ3) is 3.96. The van der Waals surface area contributed by atoms with Gasteiger partial charge in [0.1, 0.15) is 0 Å². The predicted molar refractivity (Wildman–Crippen MR) is 69.9 cm³/mol. The normalized spacial score (nSPS) is 18.7. The fourth-order valence-electron chi connectivity index (χ4n) is 2.42.